The van der Waals surface area contributed by atoms with Crippen molar-refractivity contribution >= 4 is 23.6 Å². The van der Waals surface area contributed by atoms with Crippen LogP contribution in [-0.2, 0) is 15.1 Å². The van der Waals surface area contributed by atoms with Gasteiger partial charge in [-0.15, -0.1) is 0 Å². The predicted molar refractivity (Wildman–Crippen MR) is 158 cm³/mol. The minimum absolute atomic E-state index is 0.162. The van der Waals surface area contributed by atoms with E-state index in [9.17, 15) is 9.59 Å². The van der Waals surface area contributed by atoms with Gasteiger partial charge >= 0.3 is 0 Å². The minimum atomic E-state index is -1.53. The van der Waals surface area contributed by atoms with Crippen molar-refractivity contribution < 1.29 is 28.5 Å². The summed E-state index contributed by atoms with van der Waals surface area (Å²) in [5.74, 6) is 1.32. The fourth-order valence-electron chi connectivity index (χ4n) is 5.92. The molecule has 1 unspecified atom stereocenters. The van der Waals surface area contributed by atoms with Gasteiger partial charge in [0.2, 0.25) is 5.75 Å². The predicted octanol–water partition coefficient (Wildman–Crippen LogP) is 5.81. The molecule has 3 aromatic carbocycles. The first kappa shape index (κ1) is 28.1. The number of carbonyl (C=O) groups is 2. The molecule has 1 saturated heterocycles. The van der Waals surface area contributed by atoms with Crippen LogP contribution in [0.25, 0.3) is 6.08 Å². The van der Waals surface area contributed by atoms with Gasteiger partial charge in [-0.3, -0.25) is 14.5 Å². The maximum absolute atomic E-state index is 14.8. The van der Waals surface area contributed by atoms with Gasteiger partial charge in [-0.25, -0.2) is 0 Å². The maximum atomic E-state index is 14.8. The third-order valence-electron chi connectivity index (χ3n) is 7.96. The number of nitrogens with zero attached hydrogens (tertiary/aromatic N) is 1. The molecule has 0 spiro atoms. The van der Waals surface area contributed by atoms with Crippen LogP contribution in [0.1, 0.15) is 43.2 Å². The van der Waals surface area contributed by atoms with Gasteiger partial charge in [0.25, 0.3) is 11.8 Å². The molecular formula is C33H36N2O6. The fraction of sp³-hybridized carbons (Fsp3) is 0.333. The lowest BCUT2D eigenvalue weighted by atomic mass is 9.82. The zero-order valence-electron chi connectivity index (χ0n) is 23.9. The highest BCUT2D eigenvalue weighted by Crippen LogP contribution is 2.47. The number of benzene rings is 3. The average molecular weight is 557 g/mol. The Morgan fingerprint density at radius 2 is 1.44 bits per heavy atom. The summed E-state index contributed by atoms with van der Waals surface area (Å²) in [6, 6.07) is 20.2. The third kappa shape index (κ3) is 5.10. The standard InChI is InChI=1S/C33H36N2O6/c1-38-26-17-15-23(16-18-26)33(34-24-20-28(39-2)30(41-4)29(21-24)40-3)27(19-22-11-7-5-8-12-22)31(36)35(32(33)37)25-13-9-6-10-14-25/h5,7-8,11-12,15-21,25,34H,6,9-10,13-14H2,1-4H3. The molecule has 8 heteroatoms. The number of nitrogens with one attached hydrogen (secondary N) is 1. The molecular weight excluding hydrogens is 520 g/mol. The third-order valence-corrected chi connectivity index (χ3v) is 7.96. The molecule has 214 valence electrons. The molecule has 1 N–H and O–H groups in total. The molecule has 0 radical (unpaired) electrons. The maximum Gasteiger partial charge on any atom is 0.264 e. The van der Waals surface area contributed by atoms with Crippen molar-refractivity contribution in [2.75, 3.05) is 33.8 Å². The van der Waals surface area contributed by atoms with Crippen molar-refractivity contribution in [1.82, 2.24) is 4.90 Å². The molecule has 2 aliphatic rings. The van der Waals surface area contributed by atoms with Gasteiger partial charge in [-0.05, 0) is 42.2 Å². The molecule has 1 saturated carbocycles. The number of hydrogen-bond acceptors (Lipinski definition) is 7. The van der Waals surface area contributed by atoms with E-state index in [-0.39, 0.29) is 17.9 Å². The topological polar surface area (TPSA) is 86.3 Å². The second kappa shape index (κ2) is 12.0. The quantitative estimate of drug-likeness (QED) is 0.263. The van der Waals surface area contributed by atoms with E-state index < -0.39 is 5.54 Å². The van der Waals surface area contributed by atoms with E-state index in [0.29, 0.717) is 39.8 Å². The molecule has 41 heavy (non-hydrogen) atoms. The Bertz CT molecular complexity index is 1400. The van der Waals surface area contributed by atoms with Gasteiger partial charge < -0.3 is 24.3 Å². The summed E-state index contributed by atoms with van der Waals surface area (Å²) >= 11 is 0. The van der Waals surface area contributed by atoms with Crippen molar-refractivity contribution in [3.63, 3.8) is 0 Å². The highest BCUT2D eigenvalue weighted by molar-refractivity contribution is 6.23. The van der Waals surface area contributed by atoms with Crippen LogP contribution >= 0.6 is 0 Å². The van der Waals surface area contributed by atoms with Gasteiger partial charge in [-0.2, -0.15) is 0 Å². The van der Waals surface area contributed by atoms with Crippen LogP contribution in [-0.4, -0.2) is 51.2 Å². The van der Waals surface area contributed by atoms with E-state index in [2.05, 4.69) is 5.32 Å². The number of ether oxygens (including phenoxy) is 4. The normalized spacial score (nSPS) is 20.3. The molecule has 1 heterocycles. The zero-order valence-corrected chi connectivity index (χ0v) is 23.9. The smallest absolute Gasteiger partial charge is 0.264 e. The van der Waals surface area contributed by atoms with E-state index in [0.717, 1.165) is 37.7 Å². The van der Waals surface area contributed by atoms with Gasteiger partial charge in [0.1, 0.15) is 5.75 Å². The summed E-state index contributed by atoms with van der Waals surface area (Å²) in [6.07, 6.45) is 6.47. The first-order chi connectivity index (χ1) is 20.0. The Kier molecular flexibility index (Phi) is 8.19. The fourth-order valence-corrected chi connectivity index (χ4v) is 5.92. The average Bonchev–Trinajstić information content (AvgIpc) is 3.22. The molecule has 8 nitrogen and oxygen atoms in total. The van der Waals surface area contributed by atoms with Crippen molar-refractivity contribution in [2.24, 2.45) is 0 Å². The van der Waals surface area contributed by atoms with Crippen molar-refractivity contribution in [3.8, 4) is 23.0 Å². The van der Waals surface area contributed by atoms with Crippen LogP contribution in [0.5, 0.6) is 23.0 Å². The van der Waals surface area contributed by atoms with E-state index in [1.807, 2.05) is 48.5 Å². The van der Waals surface area contributed by atoms with Crippen molar-refractivity contribution in [3.05, 3.63) is 83.4 Å². The van der Waals surface area contributed by atoms with Crippen LogP contribution in [0.15, 0.2) is 72.3 Å². The van der Waals surface area contributed by atoms with E-state index in [1.54, 1.807) is 31.4 Å². The van der Waals surface area contributed by atoms with Crippen LogP contribution < -0.4 is 24.3 Å². The molecule has 2 fully saturated rings. The molecule has 1 aliphatic carbocycles. The van der Waals surface area contributed by atoms with E-state index >= 15 is 0 Å². The molecule has 1 aliphatic heterocycles. The monoisotopic (exact) mass is 556 g/mol. The first-order valence-electron chi connectivity index (χ1n) is 13.8. The van der Waals surface area contributed by atoms with Gasteiger partial charge in [0, 0.05) is 23.9 Å². The van der Waals surface area contributed by atoms with Crippen LogP contribution in [0.2, 0.25) is 0 Å². The van der Waals surface area contributed by atoms with E-state index in [1.165, 1.54) is 26.2 Å². The largest absolute Gasteiger partial charge is 0.497 e. The summed E-state index contributed by atoms with van der Waals surface area (Å²) in [5, 5.41) is 3.49. The highest BCUT2D eigenvalue weighted by Gasteiger charge is 2.59. The Labute approximate surface area is 240 Å². The number of anilines is 1. The second-order valence-electron chi connectivity index (χ2n) is 10.3. The number of rotatable bonds is 9. The van der Waals surface area contributed by atoms with Gasteiger partial charge in [0.15, 0.2) is 17.0 Å². The number of methoxy groups -OCH3 is 4. The highest BCUT2D eigenvalue weighted by atomic mass is 16.5. The molecule has 0 aromatic heterocycles. The minimum Gasteiger partial charge on any atom is -0.497 e. The number of hydrogen-bond donors (Lipinski definition) is 1. The summed E-state index contributed by atoms with van der Waals surface area (Å²) < 4.78 is 22.1. The van der Waals surface area contributed by atoms with Crippen LogP contribution in [0.3, 0.4) is 0 Å². The van der Waals surface area contributed by atoms with Crippen LogP contribution in [0.4, 0.5) is 5.69 Å². The lowest BCUT2D eigenvalue weighted by Gasteiger charge is -2.34. The Balaban J connectivity index is 1.76. The number of carbonyl (C=O) groups excluding carboxylic acids is 2. The second-order valence-corrected chi connectivity index (χ2v) is 10.3. The number of amides is 2. The SMILES string of the molecule is COc1ccc(C2(Nc3cc(OC)c(OC)c(OC)c3)C(=O)N(C3CCCCC3)C(=O)C2=Cc2ccccc2)cc1. The molecule has 0 bridgehead atoms. The molecule has 1 atom stereocenters. The molecule has 2 amide bonds. The lowest BCUT2D eigenvalue weighted by molar-refractivity contribution is -0.142. The summed E-state index contributed by atoms with van der Waals surface area (Å²) in [6.45, 7) is 0. The number of likely N-dealkylation sites (tertiary alicyclic amines) is 1. The van der Waals surface area contributed by atoms with Crippen molar-refractivity contribution in [2.45, 2.75) is 43.7 Å². The molecule has 3 aromatic rings. The first-order valence-corrected chi connectivity index (χ1v) is 13.8. The number of imide groups is 1. The Morgan fingerprint density at radius 3 is 2.00 bits per heavy atom. The van der Waals surface area contributed by atoms with E-state index in [4.69, 9.17) is 18.9 Å². The van der Waals surface area contributed by atoms with Gasteiger partial charge in [-0.1, -0.05) is 61.7 Å². The summed E-state index contributed by atoms with van der Waals surface area (Å²) in [7, 11) is 6.20. The van der Waals surface area contributed by atoms with Crippen molar-refractivity contribution in [1.29, 1.82) is 0 Å². The molecule has 5 rings (SSSR count). The lowest BCUT2D eigenvalue weighted by Crippen LogP contribution is -2.48. The summed E-state index contributed by atoms with van der Waals surface area (Å²) in [4.78, 5) is 30.7. The van der Waals surface area contributed by atoms with Gasteiger partial charge in [0.05, 0.1) is 34.0 Å². The zero-order chi connectivity index (χ0) is 29.0. The van der Waals surface area contributed by atoms with Crippen LogP contribution in [0, 0.1) is 0 Å². The summed E-state index contributed by atoms with van der Waals surface area (Å²) in [5.41, 5.74) is 0.782. The Hall–Kier alpha value is -4.46. The Morgan fingerprint density at radius 1 is 0.805 bits per heavy atom.